The zero-order valence-corrected chi connectivity index (χ0v) is 26.1. The van der Waals surface area contributed by atoms with Crippen molar-refractivity contribution in [2.75, 3.05) is 41.0 Å². The number of nitriles is 1. The van der Waals surface area contributed by atoms with Crippen LogP contribution in [0.4, 0.5) is 18.4 Å². The van der Waals surface area contributed by atoms with Crippen molar-refractivity contribution in [2.45, 2.75) is 49.7 Å². The van der Waals surface area contributed by atoms with Gasteiger partial charge in [0, 0.05) is 33.3 Å². The number of carbonyl (C=O) groups is 3. The van der Waals surface area contributed by atoms with Crippen LogP contribution in [0, 0.1) is 23.0 Å². The molecule has 0 unspecified atom stereocenters. The maximum absolute atomic E-state index is 14.4. The van der Waals surface area contributed by atoms with E-state index in [1.165, 1.54) is 18.1 Å². The first-order valence-corrected chi connectivity index (χ1v) is 14.5. The van der Waals surface area contributed by atoms with Gasteiger partial charge >= 0.3 is 18.0 Å². The largest absolute Gasteiger partial charge is 0.466 e. The summed E-state index contributed by atoms with van der Waals surface area (Å²) in [5.74, 6) is -2.81. The maximum Gasteiger partial charge on any atom is 0.338 e. The van der Waals surface area contributed by atoms with Crippen molar-refractivity contribution < 1.29 is 32.6 Å². The molecule has 3 aliphatic rings. The highest BCUT2D eigenvalue weighted by atomic mass is 35.5. The normalized spacial score (nSPS) is 22.1. The average molecular weight is 644 g/mol. The van der Waals surface area contributed by atoms with E-state index in [9.17, 15) is 28.4 Å². The zero-order valence-electron chi connectivity index (χ0n) is 25.3. The number of hydrogen-bond acceptors (Lipinski definition) is 7. The number of hydrogen-bond donors (Lipinski definition) is 1. The number of methoxy groups -OCH3 is 2. The second-order valence-corrected chi connectivity index (χ2v) is 11.4. The van der Waals surface area contributed by atoms with Gasteiger partial charge in [-0.1, -0.05) is 24.3 Å². The molecule has 0 radical (unpaired) electrons. The molecule has 2 heterocycles. The second-order valence-electron chi connectivity index (χ2n) is 11.4. The summed E-state index contributed by atoms with van der Waals surface area (Å²) in [6.07, 6.45) is 3.87. The molecule has 1 atom stereocenters. The molecule has 240 valence electrons. The number of esters is 1. The van der Waals surface area contributed by atoms with Crippen molar-refractivity contribution in [1.82, 2.24) is 20.0 Å². The molecule has 2 aromatic rings. The lowest BCUT2D eigenvalue weighted by atomic mass is 9.79. The van der Waals surface area contributed by atoms with Gasteiger partial charge in [0.25, 0.3) is 0 Å². The molecule has 1 saturated carbocycles. The molecule has 0 bridgehead atoms. The van der Waals surface area contributed by atoms with Crippen molar-refractivity contribution in [3.63, 3.8) is 0 Å². The Balaban J connectivity index is 0.00000461. The van der Waals surface area contributed by atoms with E-state index >= 15 is 0 Å². The van der Waals surface area contributed by atoms with E-state index in [1.807, 2.05) is 24.3 Å². The van der Waals surface area contributed by atoms with Crippen molar-refractivity contribution in [2.24, 2.45) is 0 Å². The fraction of sp³-hybridized carbons (Fsp3) is 0.438. The molecule has 45 heavy (non-hydrogen) atoms. The number of likely N-dealkylation sites (N-methyl/N-ethyl adjacent to an activating group) is 1. The number of halogens is 3. The fourth-order valence-electron chi connectivity index (χ4n) is 6.53. The Morgan fingerprint density at radius 3 is 2.38 bits per heavy atom. The number of rotatable bonds is 7. The first kappa shape index (κ1) is 33.8. The Morgan fingerprint density at radius 1 is 1.07 bits per heavy atom. The van der Waals surface area contributed by atoms with Gasteiger partial charge < -0.3 is 19.7 Å². The predicted molar refractivity (Wildman–Crippen MR) is 162 cm³/mol. The predicted octanol–water partition coefficient (Wildman–Crippen LogP) is 4.86. The van der Waals surface area contributed by atoms with Gasteiger partial charge in [-0.15, -0.1) is 12.4 Å². The Kier molecular flexibility index (Phi) is 10.8. The van der Waals surface area contributed by atoms with Crippen LogP contribution in [-0.4, -0.2) is 85.8 Å². The van der Waals surface area contributed by atoms with Crippen LogP contribution >= 0.6 is 12.4 Å². The van der Waals surface area contributed by atoms with Crippen molar-refractivity contribution in [3.8, 4) is 6.07 Å². The van der Waals surface area contributed by atoms with Crippen LogP contribution in [-0.2, 0) is 14.3 Å². The Morgan fingerprint density at radius 2 is 1.76 bits per heavy atom. The van der Waals surface area contributed by atoms with E-state index in [-0.39, 0.29) is 41.9 Å². The number of imide groups is 1. The summed E-state index contributed by atoms with van der Waals surface area (Å²) in [7, 11) is 4.10. The van der Waals surface area contributed by atoms with Gasteiger partial charge in [0.1, 0.15) is 6.04 Å². The van der Waals surface area contributed by atoms with Gasteiger partial charge in [0.05, 0.1) is 42.7 Å². The van der Waals surface area contributed by atoms with E-state index in [2.05, 4.69) is 16.3 Å². The molecule has 1 aliphatic carbocycles. The Hall–Kier alpha value is -4.05. The molecule has 1 saturated heterocycles. The van der Waals surface area contributed by atoms with Crippen LogP contribution in [0.5, 0.6) is 0 Å². The molecule has 0 spiro atoms. The fourth-order valence-corrected chi connectivity index (χ4v) is 6.53. The van der Waals surface area contributed by atoms with Gasteiger partial charge in [-0.25, -0.2) is 28.1 Å². The molecule has 5 rings (SSSR count). The molecule has 4 amide bonds. The summed E-state index contributed by atoms with van der Waals surface area (Å²) in [5, 5.41) is 12.0. The zero-order chi connectivity index (χ0) is 31.5. The van der Waals surface area contributed by atoms with Crippen molar-refractivity contribution >= 4 is 30.4 Å². The highest BCUT2D eigenvalue weighted by molar-refractivity contribution is 6.01. The molecule has 2 fully saturated rings. The first-order valence-electron chi connectivity index (χ1n) is 14.5. The Bertz CT molecular complexity index is 1520. The highest BCUT2D eigenvalue weighted by Gasteiger charge is 2.46. The third kappa shape index (κ3) is 6.66. The number of ether oxygens (including phenoxy) is 2. The van der Waals surface area contributed by atoms with Gasteiger partial charge in [0.2, 0.25) is 0 Å². The summed E-state index contributed by atoms with van der Waals surface area (Å²) < 4.78 is 38.3. The topological polar surface area (TPSA) is 115 Å². The molecule has 0 aromatic heterocycles. The number of nitrogens with one attached hydrogen (secondary N) is 1. The third-order valence-electron chi connectivity index (χ3n) is 8.97. The summed E-state index contributed by atoms with van der Waals surface area (Å²) in [4.78, 5) is 44.9. The first-order chi connectivity index (χ1) is 21.2. The number of amides is 4. The number of carbonyl (C=O) groups excluding carboxylic acids is 3. The minimum absolute atomic E-state index is 0. The van der Waals surface area contributed by atoms with Gasteiger partial charge in [-0.05, 0) is 60.9 Å². The molecule has 2 aliphatic heterocycles. The van der Waals surface area contributed by atoms with E-state index in [0.717, 1.165) is 61.0 Å². The smallest absolute Gasteiger partial charge is 0.338 e. The maximum atomic E-state index is 14.4. The standard InChI is InChI=1S/C32H35F2N5O5.ClH/c1-37(23-16-38(17-23)22-11-8-19(9-12-22)24-7-5-4-6-21(24)15-35)32(42)39-29(20-10-13-25(33)26(34)14-20)28(30(40)44-3)27(18-43-2)36-31(39)41;/h4-7,10,13-14,19,22-23,29H,8-9,11-12,16-18H2,1-3H3,(H,36,41);1H/t19?,22?,29-;/m0./s1. The van der Waals surface area contributed by atoms with Crippen LogP contribution in [0.1, 0.15) is 54.3 Å². The second kappa shape index (κ2) is 14.4. The van der Waals surface area contributed by atoms with Gasteiger partial charge in [-0.3, -0.25) is 4.90 Å². The molecule has 10 nitrogen and oxygen atoms in total. The van der Waals surface area contributed by atoms with E-state index in [0.29, 0.717) is 25.0 Å². The SMILES string of the molecule is COCC1=C(C(=O)OC)[C@H](c2ccc(F)c(F)c2)N(C(=O)N(C)C2CN(C3CCC(c4ccccc4C#N)CC3)C2)C(=O)N1.Cl. The highest BCUT2D eigenvalue weighted by Crippen LogP contribution is 2.39. The Labute approximate surface area is 266 Å². The lowest BCUT2D eigenvalue weighted by molar-refractivity contribution is -0.137. The number of benzene rings is 2. The van der Waals surface area contributed by atoms with E-state index in [1.54, 1.807) is 7.05 Å². The number of nitrogens with zero attached hydrogens (tertiary/aromatic N) is 4. The molecule has 13 heteroatoms. The van der Waals surface area contributed by atoms with Crippen LogP contribution < -0.4 is 5.32 Å². The summed E-state index contributed by atoms with van der Waals surface area (Å²) >= 11 is 0. The van der Waals surface area contributed by atoms with Gasteiger partial charge in [0.15, 0.2) is 11.6 Å². The van der Waals surface area contributed by atoms with E-state index in [4.69, 9.17) is 9.47 Å². The molecular weight excluding hydrogens is 608 g/mol. The van der Waals surface area contributed by atoms with Crippen LogP contribution in [0.2, 0.25) is 0 Å². The quantitative estimate of drug-likeness (QED) is 0.429. The molecule has 2 aromatic carbocycles. The molecular formula is C32H36ClF2N5O5. The van der Waals surface area contributed by atoms with Crippen molar-refractivity contribution in [1.29, 1.82) is 5.26 Å². The number of urea groups is 2. The monoisotopic (exact) mass is 643 g/mol. The number of likely N-dealkylation sites (tertiary alicyclic amines) is 1. The third-order valence-corrected chi connectivity index (χ3v) is 8.97. The summed E-state index contributed by atoms with van der Waals surface area (Å²) in [5.41, 5.74) is 1.80. The summed E-state index contributed by atoms with van der Waals surface area (Å²) in [6, 6.07) is 10.2. The lowest BCUT2D eigenvalue weighted by Gasteiger charge is -2.50. The van der Waals surface area contributed by atoms with Crippen molar-refractivity contribution in [3.05, 3.63) is 82.1 Å². The minimum atomic E-state index is -1.38. The average Bonchev–Trinajstić information content (AvgIpc) is 3.01. The lowest BCUT2D eigenvalue weighted by Crippen LogP contribution is -2.65. The van der Waals surface area contributed by atoms with E-state index < -0.39 is 35.7 Å². The van der Waals surface area contributed by atoms with Crippen LogP contribution in [0.25, 0.3) is 0 Å². The van der Waals surface area contributed by atoms with Crippen LogP contribution in [0.15, 0.2) is 53.7 Å². The molecule has 1 N–H and O–H groups in total. The van der Waals surface area contributed by atoms with Crippen LogP contribution in [0.3, 0.4) is 0 Å². The summed E-state index contributed by atoms with van der Waals surface area (Å²) in [6.45, 7) is 1.02. The van der Waals surface area contributed by atoms with Gasteiger partial charge in [-0.2, -0.15) is 5.26 Å². The minimum Gasteiger partial charge on any atom is -0.466 e.